The van der Waals surface area contributed by atoms with Crippen LogP contribution in [0.2, 0.25) is 0 Å². The van der Waals surface area contributed by atoms with Gasteiger partial charge in [-0.25, -0.2) is 8.78 Å². The van der Waals surface area contributed by atoms with E-state index in [-0.39, 0.29) is 12.3 Å². The quantitative estimate of drug-likeness (QED) is 0.574. The smallest absolute Gasteiger partial charge is 0.211 e. The van der Waals surface area contributed by atoms with Gasteiger partial charge in [-0.1, -0.05) is 13.8 Å². The molecule has 0 saturated carbocycles. The molecular formula is C8H15ClF2. The summed E-state index contributed by atoms with van der Waals surface area (Å²) in [4.78, 5) is 0. The summed E-state index contributed by atoms with van der Waals surface area (Å²) in [7, 11) is 0. The van der Waals surface area contributed by atoms with Crippen LogP contribution in [0.3, 0.4) is 0 Å². The van der Waals surface area contributed by atoms with Crippen LogP contribution in [-0.2, 0) is 0 Å². The predicted molar refractivity (Wildman–Crippen MR) is 44.3 cm³/mol. The molecule has 0 aliphatic rings. The number of rotatable bonds is 5. The molecular weight excluding hydrogens is 170 g/mol. The lowest BCUT2D eigenvalue weighted by molar-refractivity contribution is 0.114. The normalized spacial score (nSPS) is 14.5. The van der Waals surface area contributed by atoms with Gasteiger partial charge < -0.3 is 0 Å². The standard InChI is InChI=1S/C8H15ClF2/c1-6(2)3-7(5-9)4-8(10)11/h6-8H,3-5H2,1-2H3. The third-order valence-electron chi connectivity index (χ3n) is 1.53. The molecule has 0 fully saturated rings. The average Bonchev–Trinajstić information content (AvgIpc) is 1.84. The van der Waals surface area contributed by atoms with Crippen LogP contribution in [0, 0.1) is 11.8 Å². The first-order valence-electron chi connectivity index (χ1n) is 3.90. The first-order valence-corrected chi connectivity index (χ1v) is 4.43. The van der Waals surface area contributed by atoms with Gasteiger partial charge in [-0.05, 0) is 18.3 Å². The van der Waals surface area contributed by atoms with E-state index in [0.29, 0.717) is 11.8 Å². The van der Waals surface area contributed by atoms with E-state index in [0.717, 1.165) is 6.42 Å². The van der Waals surface area contributed by atoms with Crippen LogP contribution >= 0.6 is 11.6 Å². The lowest BCUT2D eigenvalue weighted by Gasteiger charge is -2.14. The van der Waals surface area contributed by atoms with Crippen molar-refractivity contribution in [2.24, 2.45) is 11.8 Å². The van der Waals surface area contributed by atoms with Crippen LogP contribution in [0.4, 0.5) is 8.78 Å². The Morgan fingerprint density at radius 2 is 1.73 bits per heavy atom. The van der Waals surface area contributed by atoms with Gasteiger partial charge in [0.05, 0.1) is 0 Å². The van der Waals surface area contributed by atoms with Gasteiger partial charge in [0, 0.05) is 12.3 Å². The van der Waals surface area contributed by atoms with Crippen LogP contribution in [0.5, 0.6) is 0 Å². The average molecular weight is 185 g/mol. The Balaban J connectivity index is 3.58. The molecule has 0 aromatic carbocycles. The molecule has 0 aromatic heterocycles. The van der Waals surface area contributed by atoms with Crippen LogP contribution in [0.25, 0.3) is 0 Å². The minimum atomic E-state index is -2.21. The predicted octanol–water partition coefficient (Wildman–Crippen LogP) is 3.54. The molecule has 0 amide bonds. The summed E-state index contributed by atoms with van der Waals surface area (Å²) >= 11 is 5.52. The Hall–Kier alpha value is 0.150. The van der Waals surface area contributed by atoms with Crippen LogP contribution in [-0.4, -0.2) is 12.3 Å². The monoisotopic (exact) mass is 184 g/mol. The Labute approximate surface area is 71.9 Å². The van der Waals surface area contributed by atoms with Gasteiger partial charge in [0.1, 0.15) is 0 Å². The van der Waals surface area contributed by atoms with Crippen molar-refractivity contribution in [1.82, 2.24) is 0 Å². The van der Waals surface area contributed by atoms with E-state index in [1.165, 1.54) is 0 Å². The van der Waals surface area contributed by atoms with E-state index in [4.69, 9.17) is 11.6 Å². The van der Waals surface area contributed by atoms with Crippen LogP contribution < -0.4 is 0 Å². The molecule has 11 heavy (non-hydrogen) atoms. The highest BCUT2D eigenvalue weighted by molar-refractivity contribution is 6.18. The van der Waals surface area contributed by atoms with Crippen LogP contribution in [0.15, 0.2) is 0 Å². The van der Waals surface area contributed by atoms with E-state index >= 15 is 0 Å². The second-order valence-corrected chi connectivity index (χ2v) is 3.59. The van der Waals surface area contributed by atoms with Crippen molar-refractivity contribution < 1.29 is 8.78 Å². The minimum absolute atomic E-state index is 0.0170. The zero-order valence-electron chi connectivity index (χ0n) is 6.99. The summed E-state index contributed by atoms with van der Waals surface area (Å²) < 4.78 is 23.7. The highest BCUT2D eigenvalue weighted by Crippen LogP contribution is 2.20. The topological polar surface area (TPSA) is 0 Å². The van der Waals surface area contributed by atoms with Gasteiger partial charge in [-0.2, -0.15) is 0 Å². The summed E-state index contributed by atoms with van der Waals surface area (Å²) in [5.74, 6) is 0.789. The number of hydrogen-bond acceptors (Lipinski definition) is 0. The molecule has 0 bridgehead atoms. The Bertz CT molecular complexity index is 84.1. The molecule has 0 aliphatic carbocycles. The maximum absolute atomic E-state index is 11.9. The summed E-state index contributed by atoms with van der Waals surface area (Å²) in [6.07, 6.45) is -1.47. The van der Waals surface area contributed by atoms with E-state index in [9.17, 15) is 8.78 Å². The van der Waals surface area contributed by atoms with Gasteiger partial charge in [0.15, 0.2) is 0 Å². The van der Waals surface area contributed by atoms with E-state index in [1.54, 1.807) is 0 Å². The van der Waals surface area contributed by atoms with Gasteiger partial charge in [0.2, 0.25) is 6.43 Å². The fourth-order valence-corrected chi connectivity index (χ4v) is 1.39. The first-order chi connectivity index (χ1) is 5.06. The fourth-order valence-electron chi connectivity index (χ4n) is 1.14. The van der Waals surface area contributed by atoms with E-state index in [2.05, 4.69) is 0 Å². The molecule has 1 atom stereocenters. The minimum Gasteiger partial charge on any atom is -0.211 e. The van der Waals surface area contributed by atoms with Gasteiger partial charge in [-0.3, -0.25) is 0 Å². The van der Waals surface area contributed by atoms with Crippen molar-refractivity contribution in [2.75, 3.05) is 5.88 Å². The van der Waals surface area contributed by atoms with Crippen LogP contribution in [0.1, 0.15) is 26.7 Å². The molecule has 1 unspecified atom stereocenters. The molecule has 0 heterocycles. The molecule has 0 saturated heterocycles. The SMILES string of the molecule is CC(C)CC(CCl)CC(F)F. The summed E-state index contributed by atoms with van der Waals surface area (Å²) in [5, 5.41) is 0. The maximum atomic E-state index is 11.9. The lowest BCUT2D eigenvalue weighted by Crippen LogP contribution is -2.10. The number of alkyl halides is 3. The van der Waals surface area contributed by atoms with Crippen molar-refractivity contribution in [3.8, 4) is 0 Å². The van der Waals surface area contributed by atoms with Gasteiger partial charge >= 0.3 is 0 Å². The van der Waals surface area contributed by atoms with Crippen molar-refractivity contribution in [1.29, 1.82) is 0 Å². The second kappa shape index (κ2) is 5.76. The highest BCUT2D eigenvalue weighted by atomic mass is 35.5. The van der Waals surface area contributed by atoms with E-state index in [1.807, 2.05) is 13.8 Å². The third-order valence-corrected chi connectivity index (χ3v) is 1.97. The molecule has 0 radical (unpaired) electrons. The second-order valence-electron chi connectivity index (χ2n) is 3.28. The van der Waals surface area contributed by atoms with Crippen molar-refractivity contribution in [3.63, 3.8) is 0 Å². The summed E-state index contributed by atoms with van der Waals surface area (Å²) in [5.41, 5.74) is 0. The zero-order chi connectivity index (χ0) is 8.85. The van der Waals surface area contributed by atoms with Crippen molar-refractivity contribution >= 4 is 11.6 Å². The fraction of sp³-hybridized carbons (Fsp3) is 1.00. The zero-order valence-corrected chi connectivity index (χ0v) is 7.74. The van der Waals surface area contributed by atoms with Crippen molar-refractivity contribution in [2.45, 2.75) is 33.1 Å². The maximum Gasteiger partial charge on any atom is 0.238 e. The molecule has 0 rings (SSSR count). The molecule has 68 valence electrons. The van der Waals surface area contributed by atoms with Gasteiger partial charge in [-0.15, -0.1) is 11.6 Å². The number of halogens is 3. The highest BCUT2D eigenvalue weighted by Gasteiger charge is 2.15. The Morgan fingerprint density at radius 1 is 1.18 bits per heavy atom. The first kappa shape index (κ1) is 11.2. The Morgan fingerprint density at radius 3 is 2.00 bits per heavy atom. The Kier molecular flexibility index (Phi) is 5.83. The van der Waals surface area contributed by atoms with Gasteiger partial charge in [0.25, 0.3) is 0 Å². The third kappa shape index (κ3) is 6.54. The summed E-state index contributed by atoms with van der Waals surface area (Å²) in [6, 6.07) is 0. The molecule has 0 aromatic rings. The summed E-state index contributed by atoms with van der Waals surface area (Å²) in [6.45, 7) is 4.04. The molecule has 0 aliphatic heterocycles. The number of hydrogen-bond donors (Lipinski definition) is 0. The lowest BCUT2D eigenvalue weighted by atomic mass is 9.96. The van der Waals surface area contributed by atoms with E-state index < -0.39 is 6.43 Å². The van der Waals surface area contributed by atoms with Crippen molar-refractivity contribution in [3.05, 3.63) is 0 Å². The molecule has 0 spiro atoms. The molecule has 0 nitrogen and oxygen atoms in total. The molecule has 3 heteroatoms. The largest absolute Gasteiger partial charge is 0.238 e. The molecule has 0 N–H and O–H groups in total.